The Hall–Kier alpha value is -1.61. The van der Waals surface area contributed by atoms with E-state index in [-0.39, 0.29) is 5.82 Å². The number of anilines is 1. The van der Waals surface area contributed by atoms with Gasteiger partial charge in [0.15, 0.2) is 0 Å². The second-order valence-electron chi connectivity index (χ2n) is 4.25. The van der Waals surface area contributed by atoms with Gasteiger partial charge in [-0.1, -0.05) is 17.7 Å². The van der Waals surface area contributed by atoms with Crippen LogP contribution in [0.4, 0.5) is 10.1 Å². The lowest BCUT2D eigenvalue weighted by Crippen LogP contribution is -2.03. The van der Waals surface area contributed by atoms with Gasteiger partial charge >= 0.3 is 0 Å². The number of aromatic nitrogens is 1. The zero-order valence-electron chi connectivity index (χ0n) is 10.3. The van der Waals surface area contributed by atoms with Crippen molar-refractivity contribution in [1.29, 1.82) is 0 Å². The maximum atomic E-state index is 13.1. The van der Waals surface area contributed by atoms with Crippen LogP contribution in [0.2, 0.25) is 5.15 Å². The molecule has 0 spiro atoms. The highest BCUT2D eigenvalue weighted by molar-refractivity contribution is 6.29. The van der Waals surface area contributed by atoms with E-state index in [2.05, 4.69) is 10.3 Å². The van der Waals surface area contributed by atoms with Crippen molar-refractivity contribution in [3.05, 3.63) is 58.1 Å². The van der Waals surface area contributed by atoms with Crippen LogP contribution >= 0.6 is 11.6 Å². The van der Waals surface area contributed by atoms with Gasteiger partial charge in [-0.3, -0.25) is 0 Å². The first-order chi connectivity index (χ1) is 8.56. The molecule has 0 radical (unpaired) electrons. The Morgan fingerprint density at radius 3 is 2.72 bits per heavy atom. The molecule has 0 amide bonds. The Labute approximate surface area is 111 Å². The Balaban J connectivity index is 2.13. The molecule has 1 heterocycles. The van der Waals surface area contributed by atoms with E-state index in [1.54, 1.807) is 24.4 Å². The number of halogens is 2. The van der Waals surface area contributed by atoms with E-state index in [0.29, 0.717) is 11.7 Å². The topological polar surface area (TPSA) is 24.9 Å². The van der Waals surface area contributed by atoms with Crippen molar-refractivity contribution in [3.63, 3.8) is 0 Å². The first-order valence-corrected chi connectivity index (χ1v) is 6.05. The highest BCUT2D eigenvalue weighted by Gasteiger charge is 2.03. The summed E-state index contributed by atoms with van der Waals surface area (Å²) in [5.41, 5.74) is 3.92. The molecule has 0 unspecified atom stereocenters. The minimum atomic E-state index is -0.219. The molecule has 0 saturated heterocycles. The minimum Gasteiger partial charge on any atom is -0.379 e. The van der Waals surface area contributed by atoms with E-state index >= 15 is 0 Å². The Kier molecular flexibility index (Phi) is 3.82. The number of rotatable bonds is 3. The van der Waals surface area contributed by atoms with Crippen LogP contribution in [-0.2, 0) is 6.54 Å². The third-order valence-electron chi connectivity index (χ3n) is 2.86. The highest BCUT2D eigenvalue weighted by Crippen LogP contribution is 2.18. The fourth-order valence-corrected chi connectivity index (χ4v) is 1.94. The summed E-state index contributed by atoms with van der Waals surface area (Å²) in [6.07, 6.45) is 1.69. The van der Waals surface area contributed by atoms with E-state index < -0.39 is 0 Å². The van der Waals surface area contributed by atoms with E-state index in [0.717, 1.165) is 22.4 Å². The molecule has 0 bridgehead atoms. The van der Waals surface area contributed by atoms with Gasteiger partial charge in [0.1, 0.15) is 11.0 Å². The minimum absolute atomic E-state index is 0.219. The van der Waals surface area contributed by atoms with Crippen LogP contribution in [-0.4, -0.2) is 4.98 Å². The normalized spacial score (nSPS) is 10.4. The van der Waals surface area contributed by atoms with Crippen molar-refractivity contribution >= 4 is 17.3 Å². The van der Waals surface area contributed by atoms with Gasteiger partial charge in [0.2, 0.25) is 0 Å². The molecule has 18 heavy (non-hydrogen) atoms. The Morgan fingerprint density at radius 1 is 1.22 bits per heavy atom. The smallest absolute Gasteiger partial charge is 0.129 e. The molecule has 1 N–H and O–H groups in total. The summed E-state index contributed by atoms with van der Waals surface area (Å²) in [5, 5.41) is 3.71. The molecule has 94 valence electrons. The first-order valence-electron chi connectivity index (χ1n) is 5.67. The van der Waals surface area contributed by atoms with Crippen molar-refractivity contribution in [1.82, 2.24) is 4.98 Å². The van der Waals surface area contributed by atoms with E-state index in [1.807, 2.05) is 13.8 Å². The highest BCUT2D eigenvalue weighted by atomic mass is 35.5. The van der Waals surface area contributed by atoms with Crippen molar-refractivity contribution in [2.45, 2.75) is 20.4 Å². The molecular formula is C14H14ClFN2. The van der Waals surface area contributed by atoms with Gasteiger partial charge in [0.05, 0.1) is 11.9 Å². The molecule has 0 aliphatic heterocycles. The van der Waals surface area contributed by atoms with Gasteiger partial charge in [-0.2, -0.15) is 0 Å². The summed E-state index contributed by atoms with van der Waals surface area (Å²) in [6.45, 7) is 4.48. The molecule has 0 atom stereocenters. The summed E-state index contributed by atoms with van der Waals surface area (Å²) in [5.74, 6) is -0.219. The monoisotopic (exact) mass is 264 g/mol. The number of benzene rings is 1. The number of pyridine rings is 1. The van der Waals surface area contributed by atoms with Crippen LogP contribution in [0.1, 0.15) is 16.7 Å². The van der Waals surface area contributed by atoms with Gasteiger partial charge in [-0.15, -0.1) is 0 Å². The molecular weight excluding hydrogens is 251 g/mol. The summed E-state index contributed by atoms with van der Waals surface area (Å²) < 4.78 is 13.1. The van der Waals surface area contributed by atoms with Gasteiger partial charge in [-0.25, -0.2) is 9.37 Å². The fraction of sp³-hybridized carbons (Fsp3) is 0.214. The van der Waals surface area contributed by atoms with Crippen molar-refractivity contribution < 1.29 is 4.39 Å². The summed E-state index contributed by atoms with van der Waals surface area (Å²) in [7, 11) is 0. The number of hydrogen-bond donors (Lipinski definition) is 1. The summed E-state index contributed by atoms with van der Waals surface area (Å²) >= 11 is 5.79. The third kappa shape index (κ3) is 2.99. The molecule has 1 aromatic carbocycles. The Bertz CT molecular complexity index is 570. The fourth-order valence-electron chi connectivity index (χ4n) is 1.73. The molecule has 1 aromatic heterocycles. The van der Waals surface area contributed by atoms with Crippen LogP contribution in [0, 0.1) is 19.7 Å². The van der Waals surface area contributed by atoms with E-state index in [1.165, 1.54) is 6.07 Å². The zero-order valence-corrected chi connectivity index (χ0v) is 11.1. The zero-order chi connectivity index (χ0) is 13.1. The molecule has 0 aliphatic carbocycles. The van der Waals surface area contributed by atoms with E-state index in [9.17, 15) is 4.39 Å². The van der Waals surface area contributed by atoms with Gasteiger partial charge in [0.25, 0.3) is 0 Å². The second kappa shape index (κ2) is 5.36. The number of nitrogens with one attached hydrogen (secondary N) is 1. The van der Waals surface area contributed by atoms with Gasteiger partial charge < -0.3 is 5.32 Å². The number of nitrogens with zero attached hydrogens (tertiary/aromatic N) is 1. The summed E-state index contributed by atoms with van der Waals surface area (Å²) in [4.78, 5) is 4.02. The SMILES string of the molecule is Cc1ccc(F)cc1CNc1cnc(Cl)cc1C. The lowest BCUT2D eigenvalue weighted by Gasteiger charge is -2.11. The quantitative estimate of drug-likeness (QED) is 0.844. The molecule has 2 aromatic rings. The predicted octanol–water partition coefficient (Wildman–Crippen LogP) is 4.10. The molecule has 0 aliphatic rings. The van der Waals surface area contributed by atoms with Crippen LogP contribution in [0.15, 0.2) is 30.5 Å². The molecule has 4 heteroatoms. The van der Waals surface area contributed by atoms with Crippen LogP contribution in [0.3, 0.4) is 0 Å². The molecule has 0 saturated carbocycles. The lowest BCUT2D eigenvalue weighted by molar-refractivity contribution is 0.625. The first kappa shape index (κ1) is 12.8. The van der Waals surface area contributed by atoms with Crippen molar-refractivity contribution in [3.8, 4) is 0 Å². The Morgan fingerprint density at radius 2 is 2.00 bits per heavy atom. The molecule has 2 rings (SSSR count). The maximum Gasteiger partial charge on any atom is 0.129 e. The average Bonchev–Trinajstić information content (AvgIpc) is 2.32. The third-order valence-corrected chi connectivity index (χ3v) is 3.06. The predicted molar refractivity (Wildman–Crippen MR) is 72.4 cm³/mol. The lowest BCUT2D eigenvalue weighted by atomic mass is 10.1. The number of hydrogen-bond acceptors (Lipinski definition) is 2. The van der Waals surface area contributed by atoms with E-state index in [4.69, 9.17) is 11.6 Å². The second-order valence-corrected chi connectivity index (χ2v) is 4.63. The van der Waals surface area contributed by atoms with Crippen LogP contribution < -0.4 is 5.32 Å². The van der Waals surface area contributed by atoms with Crippen molar-refractivity contribution in [2.75, 3.05) is 5.32 Å². The maximum absolute atomic E-state index is 13.1. The summed E-state index contributed by atoms with van der Waals surface area (Å²) in [6, 6.07) is 6.58. The van der Waals surface area contributed by atoms with Crippen LogP contribution in [0.25, 0.3) is 0 Å². The van der Waals surface area contributed by atoms with Crippen molar-refractivity contribution in [2.24, 2.45) is 0 Å². The molecule has 2 nitrogen and oxygen atoms in total. The average molecular weight is 265 g/mol. The molecule has 0 fully saturated rings. The van der Waals surface area contributed by atoms with Crippen LogP contribution in [0.5, 0.6) is 0 Å². The van der Waals surface area contributed by atoms with Gasteiger partial charge in [0, 0.05) is 6.54 Å². The number of aryl methyl sites for hydroxylation is 2. The van der Waals surface area contributed by atoms with Gasteiger partial charge in [-0.05, 0) is 48.7 Å². The standard InChI is InChI=1S/C14H14ClFN2/c1-9-3-4-12(16)6-11(9)7-17-13-8-18-14(15)5-10(13)2/h3-6,8,17H,7H2,1-2H3. The largest absolute Gasteiger partial charge is 0.379 e.